The molecule has 0 saturated carbocycles. The number of aliphatic carboxylic acids is 1. The van der Waals surface area contributed by atoms with Gasteiger partial charge in [-0.3, -0.25) is 4.79 Å². The van der Waals surface area contributed by atoms with Gasteiger partial charge in [0.1, 0.15) is 17.0 Å². The summed E-state index contributed by atoms with van der Waals surface area (Å²) >= 11 is 1.31. The van der Waals surface area contributed by atoms with Crippen LogP contribution in [-0.2, 0) is 4.79 Å². The molecular weight excluding hydrogens is 354 g/mol. The Morgan fingerprint density at radius 3 is 2.73 bits per heavy atom. The highest BCUT2D eigenvalue weighted by Crippen LogP contribution is 2.34. The van der Waals surface area contributed by atoms with E-state index >= 15 is 0 Å². The molecule has 2 heterocycles. The lowest BCUT2D eigenvalue weighted by Gasteiger charge is -2.33. The van der Waals surface area contributed by atoms with Crippen molar-refractivity contribution in [3.8, 4) is 5.75 Å². The van der Waals surface area contributed by atoms with Gasteiger partial charge in [0.15, 0.2) is 5.13 Å². The van der Waals surface area contributed by atoms with Gasteiger partial charge in [-0.05, 0) is 43.5 Å². The monoisotopic (exact) mass is 375 g/mol. The van der Waals surface area contributed by atoms with E-state index in [0.717, 1.165) is 11.4 Å². The zero-order valence-electron chi connectivity index (χ0n) is 14.7. The average Bonchev–Trinajstić information content (AvgIpc) is 3.29. The molecule has 1 aromatic heterocycles. The number of nitrogens with zero attached hydrogens (tertiary/aromatic N) is 2. The summed E-state index contributed by atoms with van der Waals surface area (Å²) in [5.41, 5.74) is -0.0228. The molecule has 8 heteroatoms. The van der Waals surface area contributed by atoms with Crippen LogP contribution in [0, 0.1) is 0 Å². The summed E-state index contributed by atoms with van der Waals surface area (Å²) in [5, 5.41) is 15.0. The highest BCUT2D eigenvalue weighted by atomic mass is 32.1. The minimum Gasteiger partial charge on any atom is -0.497 e. The molecule has 0 radical (unpaired) electrons. The smallest absolute Gasteiger partial charge is 0.329 e. The Labute approximate surface area is 155 Å². The largest absolute Gasteiger partial charge is 0.497 e. The van der Waals surface area contributed by atoms with Gasteiger partial charge in [0.05, 0.1) is 7.11 Å². The van der Waals surface area contributed by atoms with Crippen LogP contribution in [0.5, 0.6) is 5.75 Å². The number of hydrogen-bond acceptors (Lipinski definition) is 6. The normalized spacial score (nSPS) is 19.4. The van der Waals surface area contributed by atoms with E-state index in [9.17, 15) is 14.7 Å². The lowest BCUT2D eigenvalue weighted by molar-refractivity contribution is -0.148. The summed E-state index contributed by atoms with van der Waals surface area (Å²) in [4.78, 5) is 30.4. The summed E-state index contributed by atoms with van der Waals surface area (Å²) in [5.74, 6) is -0.521. The minimum atomic E-state index is -1.12. The van der Waals surface area contributed by atoms with Crippen molar-refractivity contribution in [2.45, 2.75) is 31.7 Å². The van der Waals surface area contributed by atoms with E-state index in [0.29, 0.717) is 30.9 Å². The minimum absolute atomic E-state index is 0.270. The first kappa shape index (κ1) is 18.2. The molecular formula is C18H21N3O4S. The predicted octanol–water partition coefficient (Wildman–Crippen LogP) is 3.36. The number of nitrogens with one attached hydrogen (secondary N) is 1. The molecule has 2 aromatic rings. The first-order valence-corrected chi connectivity index (χ1v) is 9.30. The number of ether oxygens (including phenoxy) is 1. The lowest BCUT2D eigenvalue weighted by Crippen LogP contribution is -2.52. The van der Waals surface area contributed by atoms with Crippen molar-refractivity contribution >= 4 is 34.0 Å². The second kappa shape index (κ2) is 7.33. The summed E-state index contributed by atoms with van der Waals surface area (Å²) in [6, 6.07) is 7.37. The number of aromatic nitrogens is 1. The molecule has 138 valence electrons. The average molecular weight is 375 g/mol. The summed E-state index contributed by atoms with van der Waals surface area (Å²) < 4.78 is 5.12. The van der Waals surface area contributed by atoms with Crippen LogP contribution in [0.15, 0.2) is 29.6 Å². The number of carbonyl (C=O) groups excluding carboxylic acids is 1. The molecule has 1 fully saturated rings. The third-order valence-corrected chi connectivity index (χ3v) is 5.54. The quantitative estimate of drug-likeness (QED) is 0.804. The number of thiazole rings is 1. The van der Waals surface area contributed by atoms with Gasteiger partial charge in [0.25, 0.3) is 5.91 Å². The molecule has 1 saturated heterocycles. The first-order chi connectivity index (χ1) is 12.5. The van der Waals surface area contributed by atoms with Crippen molar-refractivity contribution in [3.05, 3.63) is 35.3 Å². The van der Waals surface area contributed by atoms with E-state index in [-0.39, 0.29) is 11.6 Å². The van der Waals surface area contributed by atoms with Crippen LogP contribution < -0.4 is 10.1 Å². The van der Waals surface area contributed by atoms with Gasteiger partial charge in [-0.15, -0.1) is 11.3 Å². The van der Waals surface area contributed by atoms with Crippen LogP contribution in [0.3, 0.4) is 0 Å². The predicted molar refractivity (Wildman–Crippen MR) is 99.3 cm³/mol. The van der Waals surface area contributed by atoms with Crippen LogP contribution in [0.25, 0.3) is 0 Å². The molecule has 7 nitrogen and oxygen atoms in total. The number of likely N-dealkylation sites (tertiary alicyclic amines) is 1. The number of anilines is 2. The lowest BCUT2D eigenvalue weighted by atomic mass is 9.93. The maximum absolute atomic E-state index is 12.8. The highest BCUT2D eigenvalue weighted by molar-refractivity contribution is 7.14. The summed E-state index contributed by atoms with van der Waals surface area (Å²) in [7, 11) is 1.60. The van der Waals surface area contributed by atoms with Crippen LogP contribution >= 0.6 is 11.3 Å². The Balaban J connectivity index is 1.76. The maximum atomic E-state index is 12.8. The summed E-state index contributed by atoms with van der Waals surface area (Å²) in [6.07, 6.45) is 1.55. The van der Waals surface area contributed by atoms with Crippen molar-refractivity contribution in [3.63, 3.8) is 0 Å². The van der Waals surface area contributed by atoms with Crippen LogP contribution in [0.4, 0.5) is 10.8 Å². The second-order valence-corrected chi connectivity index (χ2v) is 7.00. The van der Waals surface area contributed by atoms with Crippen LogP contribution in [0.1, 0.15) is 36.7 Å². The Morgan fingerprint density at radius 2 is 2.12 bits per heavy atom. The molecule has 2 N–H and O–H groups in total. The number of amides is 1. The van der Waals surface area contributed by atoms with E-state index in [1.54, 1.807) is 19.4 Å². The molecule has 1 amide bonds. The highest BCUT2D eigenvalue weighted by Gasteiger charge is 2.49. The zero-order chi connectivity index (χ0) is 18.7. The van der Waals surface area contributed by atoms with E-state index in [4.69, 9.17) is 4.74 Å². The Kier molecular flexibility index (Phi) is 5.13. The standard InChI is InChI=1S/C18H21N3O4S/c1-3-18(16(23)24)9-4-10-21(18)15(22)14-11-26-17(20-14)19-12-5-7-13(25-2)8-6-12/h5-8,11H,3-4,9-10H2,1-2H3,(H,19,20)(H,23,24). The van der Waals surface area contributed by atoms with Gasteiger partial charge in [-0.25, -0.2) is 9.78 Å². The second-order valence-electron chi connectivity index (χ2n) is 6.14. The van der Waals surface area contributed by atoms with E-state index < -0.39 is 11.5 Å². The van der Waals surface area contributed by atoms with Crippen LogP contribution in [0.2, 0.25) is 0 Å². The molecule has 1 aromatic carbocycles. The number of hydrogen-bond donors (Lipinski definition) is 2. The van der Waals surface area contributed by atoms with Gasteiger partial charge in [0, 0.05) is 17.6 Å². The Bertz CT molecular complexity index is 805. The number of carboxylic acids is 1. The van der Waals surface area contributed by atoms with Gasteiger partial charge in [-0.1, -0.05) is 6.92 Å². The van der Waals surface area contributed by atoms with E-state index in [1.807, 2.05) is 24.3 Å². The SMILES string of the molecule is CCC1(C(=O)O)CCCN1C(=O)c1csc(Nc2ccc(OC)cc2)n1. The molecule has 26 heavy (non-hydrogen) atoms. The number of methoxy groups -OCH3 is 1. The summed E-state index contributed by atoms with van der Waals surface area (Å²) in [6.45, 7) is 2.25. The molecule has 0 aliphatic carbocycles. The van der Waals surface area contributed by atoms with Gasteiger partial charge >= 0.3 is 5.97 Å². The molecule has 1 aliphatic rings. The van der Waals surface area contributed by atoms with Gasteiger partial charge in [-0.2, -0.15) is 0 Å². The van der Waals surface area contributed by atoms with Crippen molar-refractivity contribution in [2.75, 3.05) is 19.0 Å². The van der Waals surface area contributed by atoms with E-state index in [2.05, 4.69) is 10.3 Å². The van der Waals surface area contributed by atoms with Gasteiger partial charge < -0.3 is 20.1 Å². The first-order valence-electron chi connectivity index (χ1n) is 8.42. The van der Waals surface area contributed by atoms with E-state index in [1.165, 1.54) is 16.2 Å². The van der Waals surface area contributed by atoms with Crippen LogP contribution in [-0.4, -0.2) is 46.1 Å². The maximum Gasteiger partial charge on any atom is 0.329 e. The fraction of sp³-hybridized carbons (Fsp3) is 0.389. The number of carbonyl (C=O) groups is 2. The Morgan fingerprint density at radius 1 is 1.38 bits per heavy atom. The number of carboxylic acid groups (broad SMARTS) is 1. The molecule has 0 spiro atoms. The number of benzene rings is 1. The molecule has 0 bridgehead atoms. The molecule has 1 aliphatic heterocycles. The van der Waals surface area contributed by atoms with Crippen molar-refractivity contribution in [1.29, 1.82) is 0 Å². The fourth-order valence-corrected chi connectivity index (χ4v) is 3.99. The fourth-order valence-electron chi connectivity index (χ4n) is 3.28. The third kappa shape index (κ3) is 3.24. The number of rotatable bonds is 6. The molecule has 1 unspecified atom stereocenters. The Hall–Kier alpha value is -2.61. The third-order valence-electron chi connectivity index (χ3n) is 4.78. The topological polar surface area (TPSA) is 91.8 Å². The zero-order valence-corrected chi connectivity index (χ0v) is 15.5. The van der Waals surface area contributed by atoms with Crippen molar-refractivity contribution in [2.24, 2.45) is 0 Å². The van der Waals surface area contributed by atoms with Crippen molar-refractivity contribution in [1.82, 2.24) is 9.88 Å². The molecule has 1 atom stereocenters. The molecule has 3 rings (SSSR count). The van der Waals surface area contributed by atoms with Crippen molar-refractivity contribution < 1.29 is 19.4 Å². The van der Waals surface area contributed by atoms with Gasteiger partial charge in [0.2, 0.25) is 0 Å².